The molecule has 0 saturated carbocycles. The zero-order chi connectivity index (χ0) is 19.2. The number of carbonyl (C=O) groups is 2. The van der Waals surface area contributed by atoms with E-state index in [0.717, 1.165) is 35.3 Å². The highest BCUT2D eigenvalue weighted by atomic mass is 16.5. The molecule has 0 fully saturated rings. The van der Waals surface area contributed by atoms with Crippen LogP contribution in [0.3, 0.4) is 0 Å². The van der Waals surface area contributed by atoms with Gasteiger partial charge in [-0.15, -0.1) is 0 Å². The SMILES string of the molecule is COC(=O)c1ccc(Cn2c(CCCNC(C)=O)nc3ccccc32)cc1. The van der Waals surface area contributed by atoms with E-state index in [9.17, 15) is 9.59 Å². The maximum Gasteiger partial charge on any atom is 0.337 e. The van der Waals surface area contributed by atoms with E-state index in [0.29, 0.717) is 18.7 Å². The first-order chi connectivity index (χ1) is 13.1. The summed E-state index contributed by atoms with van der Waals surface area (Å²) in [5, 5.41) is 2.82. The fourth-order valence-corrected chi connectivity index (χ4v) is 3.05. The van der Waals surface area contributed by atoms with Gasteiger partial charge >= 0.3 is 5.97 Å². The molecule has 1 aromatic heterocycles. The molecule has 0 radical (unpaired) electrons. The van der Waals surface area contributed by atoms with Crippen molar-refractivity contribution in [2.75, 3.05) is 13.7 Å². The van der Waals surface area contributed by atoms with Crippen molar-refractivity contribution in [1.82, 2.24) is 14.9 Å². The Bertz CT molecular complexity index is 945. The lowest BCUT2D eigenvalue weighted by Crippen LogP contribution is -2.21. The molecule has 3 aromatic rings. The van der Waals surface area contributed by atoms with Crippen molar-refractivity contribution in [2.45, 2.75) is 26.3 Å². The lowest BCUT2D eigenvalue weighted by Gasteiger charge is -2.10. The van der Waals surface area contributed by atoms with Crippen LogP contribution in [-0.4, -0.2) is 35.1 Å². The van der Waals surface area contributed by atoms with Gasteiger partial charge in [-0.05, 0) is 36.2 Å². The number of nitrogens with zero attached hydrogens (tertiary/aromatic N) is 2. The Balaban J connectivity index is 1.82. The number of rotatable bonds is 7. The van der Waals surface area contributed by atoms with Crippen LogP contribution in [0.2, 0.25) is 0 Å². The zero-order valence-electron chi connectivity index (χ0n) is 15.6. The maximum atomic E-state index is 11.6. The third-order valence-corrected chi connectivity index (χ3v) is 4.40. The Morgan fingerprint density at radius 2 is 1.85 bits per heavy atom. The summed E-state index contributed by atoms with van der Waals surface area (Å²) in [6.45, 7) is 2.82. The number of esters is 1. The monoisotopic (exact) mass is 365 g/mol. The van der Waals surface area contributed by atoms with Gasteiger partial charge in [0.05, 0.1) is 23.7 Å². The summed E-state index contributed by atoms with van der Waals surface area (Å²) in [6.07, 6.45) is 1.60. The molecule has 0 unspecified atom stereocenters. The zero-order valence-corrected chi connectivity index (χ0v) is 15.6. The Labute approximate surface area is 158 Å². The van der Waals surface area contributed by atoms with Crippen LogP contribution in [0.15, 0.2) is 48.5 Å². The first-order valence-electron chi connectivity index (χ1n) is 8.94. The fraction of sp³-hybridized carbons (Fsp3) is 0.286. The van der Waals surface area contributed by atoms with Gasteiger partial charge in [-0.2, -0.15) is 0 Å². The summed E-state index contributed by atoms with van der Waals surface area (Å²) >= 11 is 0. The lowest BCUT2D eigenvalue weighted by molar-refractivity contribution is -0.118. The van der Waals surface area contributed by atoms with Crippen LogP contribution in [0.5, 0.6) is 0 Å². The number of amides is 1. The number of aromatic nitrogens is 2. The Kier molecular flexibility index (Phi) is 5.86. The summed E-state index contributed by atoms with van der Waals surface area (Å²) in [6, 6.07) is 15.5. The van der Waals surface area contributed by atoms with Crippen molar-refractivity contribution < 1.29 is 14.3 Å². The van der Waals surface area contributed by atoms with Crippen molar-refractivity contribution in [3.63, 3.8) is 0 Å². The molecular weight excluding hydrogens is 342 g/mol. The predicted octanol–water partition coefficient (Wildman–Crippen LogP) is 2.94. The number of imidazole rings is 1. The molecule has 140 valence electrons. The molecule has 6 nitrogen and oxygen atoms in total. The van der Waals surface area contributed by atoms with E-state index in [1.807, 2.05) is 30.3 Å². The quantitative estimate of drug-likeness (QED) is 0.516. The summed E-state index contributed by atoms with van der Waals surface area (Å²) in [5.74, 6) is 0.626. The van der Waals surface area contributed by atoms with Crippen LogP contribution in [0.4, 0.5) is 0 Å². The van der Waals surface area contributed by atoms with Gasteiger partial charge in [-0.1, -0.05) is 24.3 Å². The second kappa shape index (κ2) is 8.49. The molecule has 27 heavy (non-hydrogen) atoms. The van der Waals surface area contributed by atoms with Crippen LogP contribution in [-0.2, 0) is 22.5 Å². The number of fused-ring (bicyclic) bond motifs is 1. The lowest BCUT2D eigenvalue weighted by atomic mass is 10.1. The number of hydrogen-bond donors (Lipinski definition) is 1. The molecule has 6 heteroatoms. The van der Waals surface area contributed by atoms with Crippen LogP contribution < -0.4 is 5.32 Å². The van der Waals surface area contributed by atoms with E-state index in [4.69, 9.17) is 9.72 Å². The van der Waals surface area contributed by atoms with E-state index in [2.05, 4.69) is 16.0 Å². The highest BCUT2D eigenvalue weighted by Gasteiger charge is 2.11. The van der Waals surface area contributed by atoms with Crippen LogP contribution >= 0.6 is 0 Å². The van der Waals surface area contributed by atoms with E-state index < -0.39 is 0 Å². The minimum absolute atomic E-state index is 0.0193. The van der Waals surface area contributed by atoms with Crippen LogP contribution in [0.25, 0.3) is 11.0 Å². The van der Waals surface area contributed by atoms with E-state index in [-0.39, 0.29) is 11.9 Å². The average molecular weight is 365 g/mol. The van der Waals surface area contributed by atoms with E-state index >= 15 is 0 Å². The second-order valence-corrected chi connectivity index (χ2v) is 6.38. The Morgan fingerprint density at radius 1 is 1.11 bits per heavy atom. The number of aryl methyl sites for hydroxylation is 1. The van der Waals surface area contributed by atoms with Crippen molar-refractivity contribution in [3.05, 3.63) is 65.5 Å². The highest BCUT2D eigenvalue weighted by molar-refractivity contribution is 5.89. The van der Waals surface area contributed by atoms with Crippen LogP contribution in [0.1, 0.15) is 35.1 Å². The number of benzene rings is 2. The number of nitrogens with one attached hydrogen (secondary N) is 1. The summed E-state index contributed by atoms with van der Waals surface area (Å²) in [7, 11) is 1.38. The average Bonchev–Trinajstić information content (AvgIpc) is 3.02. The molecule has 0 aliphatic heterocycles. The molecule has 1 heterocycles. The Hall–Kier alpha value is -3.15. The normalized spacial score (nSPS) is 10.7. The number of ether oxygens (including phenoxy) is 1. The van der Waals surface area contributed by atoms with E-state index in [1.54, 1.807) is 12.1 Å². The fourth-order valence-electron chi connectivity index (χ4n) is 3.05. The largest absolute Gasteiger partial charge is 0.465 e. The minimum Gasteiger partial charge on any atom is -0.465 e. The van der Waals surface area contributed by atoms with Gasteiger partial charge in [0.2, 0.25) is 5.91 Å². The highest BCUT2D eigenvalue weighted by Crippen LogP contribution is 2.19. The van der Waals surface area contributed by atoms with E-state index in [1.165, 1.54) is 14.0 Å². The smallest absolute Gasteiger partial charge is 0.337 e. The van der Waals surface area contributed by atoms with Crippen molar-refractivity contribution in [1.29, 1.82) is 0 Å². The predicted molar refractivity (Wildman–Crippen MR) is 104 cm³/mol. The third kappa shape index (κ3) is 4.53. The van der Waals surface area contributed by atoms with Gasteiger partial charge in [0.25, 0.3) is 0 Å². The number of methoxy groups -OCH3 is 1. The molecule has 3 rings (SSSR count). The summed E-state index contributed by atoms with van der Waals surface area (Å²) in [5.41, 5.74) is 3.64. The molecule has 0 aliphatic rings. The van der Waals surface area contributed by atoms with Gasteiger partial charge in [0.15, 0.2) is 0 Å². The maximum absolute atomic E-state index is 11.6. The number of para-hydroxylation sites is 2. The Morgan fingerprint density at radius 3 is 2.56 bits per heavy atom. The van der Waals surface area contributed by atoms with Gasteiger partial charge < -0.3 is 14.6 Å². The molecule has 1 amide bonds. The molecular formula is C21H23N3O3. The van der Waals surface area contributed by atoms with Gasteiger partial charge in [0, 0.05) is 26.4 Å². The van der Waals surface area contributed by atoms with Crippen molar-refractivity contribution in [3.8, 4) is 0 Å². The van der Waals surface area contributed by atoms with Gasteiger partial charge in [-0.3, -0.25) is 4.79 Å². The molecule has 2 aromatic carbocycles. The third-order valence-electron chi connectivity index (χ3n) is 4.40. The second-order valence-electron chi connectivity index (χ2n) is 6.38. The first kappa shape index (κ1) is 18.6. The van der Waals surface area contributed by atoms with Crippen molar-refractivity contribution >= 4 is 22.9 Å². The molecule has 0 spiro atoms. The molecule has 0 atom stereocenters. The molecule has 0 aliphatic carbocycles. The summed E-state index contributed by atoms with van der Waals surface area (Å²) < 4.78 is 6.94. The van der Waals surface area contributed by atoms with Crippen molar-refractivity contribution in [2.24, 2.45) is 0 Å². The number of hydrogen-bond acceptors (Lipinski definition) is 4. The topological polar surface area (TPSA) is 73.2 Å². The van der Waals surface area contributed by atoms with Crippen LogP contribution in [0, 0.1) is 0 Å². The first-order valence-corrected chi connectivity index (χ1v) is 8.94. The molecule has 0 saturated heterocycles. The summed E-state index contributed by atoms with van der Waals surface area (Å²) in [4.78, 5) is 27.4. The van der Waals surface area contributed by atoms with Gasteiger partial charge in [-0.25, -0.2) is 9.78 Å². The minimum atomic E-state index is -0.340. The molecule has 0 bridgehead atoms. The van der Waals surface area contributed by atoms with Gasteiger partial charge in [0.1, 0.15) is 5.82 Å². The molecule has 1 N–H and O–H groups in total. The standard InChI is InChI=1S/C21H23N3O3/c1-15(25)22-13-5-8-20-23-18-6-3-4-7-19(18)24(20)14-16-9-11-17(12-10-16)21(26)27-2/h3-4,6-7,9-12H,5,8,13-14H2,1-2H3,(H,22,25). The number of carbonyl (C=O) groups excluding carboxylic acids is 2.